The number of hydrogen-bond acceptors (Lipinski definition) is 4. The summed E-state index contributed by atoms with van der Waals surface area (Å²) in [7, 11) is 0. The normalized spacial score (nSPS) is 29.5. The van der Waals surface area contributed by atoms with E-state index in [0.29, 0.717) is 5.75 Å². The van der Waals surface area contributed by atoms with Gasteiger partial charge < -0.3 is 5.32 Å². The number of imide groups is 1. The smallest absolute Gasteiger partial charge is 0.244 e. The Bertz CT molecular complexity index is 480. The van der Waals surface area contributed by atoms with Gasteiger partial charge in [0.1, 0.15) is 6.04 Å². The maximum absolute atomic E-state index is 12.8. The monoisotopic (exact) mass is 352 g/mol. The number of carbonyl (C=O) groups excluding carboxylic acids is 3. The van der Waals surface area contributed by atoms with Crippen molar-refractivity contribution in [1.82, 2.24) is 10.2 Å². The zero-order valence-electron chi connectivity index (χ0n) is 14.5. The van der Waals surface area contributed by atoms with Crippen molar-refractivity contribution in [2.45, 2.75) is 69.9 Å². The predicted molar refractivity (Wildman–Crippen MR) is 94.5 cm³/mol. The molecule has 0 radical (unpaired) electrons. The molecule has 0 unspecified atom stereocenters. The molecule has 2 saturated carbocycles. The zero-order valence-corrected chi connectivity index (χ0v) is 15.3. The Kier molecular flexibility index (Phi) is 5.85. The molecule has 1 saturated heterocycles. The van der Waals surface area contributed by atoms with Gasteiger partial charge in [-0.05, 0) is 31.9 Å². The van der Waals surface area contributed by atoms with Gasteiger partial charge in [-0.2, -0.15) is 11.8 Å². The fraction of sp³-hybridized carbons (Fsp3) is 0.833. The molecule has 0 spiro atoms. The van der Waals surface area contributed by atoms with E-state index in [0.717, 1.165) is 51.4 Å². The van der Waals surface area contributed by atoms with Gasteiger partial charge in [-0.1, -0.05) is 32.1 Å². The Labute approximate surface area is 148 Å². The number of amides is 3. The van der Waals surface area contributed by atoms with E-state index in [1.54, 1.807) is 0 Å². The molecule has 3 atom stereocenters. The van der Waals surface area contributed by atoms with Crippen molar-refractivity contribution in [3.63, 3.8) is 0 Å². The van der Waals surface area contributed by atoms with Gasteiger partial charge in [0.15, 0.2) is 0 Å². The highest BCUT2D eigenvalue weighted by Crippen LogP contribution is 2.39. The van der Waals surface area contributed by atoms with Gasteiger partial charge in [-0.15, -0.1) is 0 Å². The fourth-order valence-corrected chi connectivity index (χ4v) is 5.08. The molecule has 0 aromatic carbocycles. The van der Waals surface area contributed by atoms with E-state index in [4.69, 9.17) is 0 Å². The second kappa shape index (κ2) is 7.89. The minimum atomic E-state index is -0.646. The SMILES string of the molecule is CSC[C@@H](C(=O)NC1CCCCC1)N1C(=O)[C@H]2CCCC[C@H]2C1=O. The Balaban J connectivity index is 1.73. The van der Waals surface area contributed by atoms with Crippen LogP contribution in [0.15, 0.2) is 0 Å². The van der Waals surface area contributed by atoms with Crippen LogP contribution in [0.4, 0.5) is 0 Å². The maximum atomic E-state index is 12.8. The minimum Gasteiger partial charge on any atom is -0.352 e. The van der Waals surface area contributed by atoms with E-state index >= 15 is 0 Å². The highest BCUT2D eigenvalue weighted by Gasteiger charge is 2.51. The summed E-state index contributed by atoms with van der Waals surface area (Å²) in [6.07, 6.45) is 11.0. The van der Waals surface area contributed by atoms with Crippen LogP contribution in [-0.4, -0.2) is 46.7 Å². The van der Waals surface area contributed by atoms with Crippen LogP contribution in [0, 0.1) is 11.8 Å². The van der Waals surface area contributed by atoms with Crippen LogP contribution in [0.5, 0.6) is 0 Å². The first kappa shape index (κ1) is 17.8. The lowest BCUT2D eigenvalue weighted by molar-refractivity contribution is -0.147. The van der Waals surface area contributed by atoms with Gasteiger partial charge >= 0.3 is 0 Å². The summed E-state index contributed by atoms with van der Waals surface area (Å²) in [6.45, 7) is 0. The third-order valence-electron chi connectivity index (χ3n) is 5.77. The maximum Gasteiger partial charge on any atom is 0.244 e. The number of likely N-dealkylation sites (tertiary alicyclic amines) is 1. The molecule has 3 amide bonds. The van der Waals surface area contributed by atoms with Gasteiger partial charge in [0.25, 0.3) is 0 Å². The topological polar surface area (TPSA) is 66.5 Å². The molecule has 1 heterocycles. The van der Waals surface area contributed by atoms with E-state index in [1.807, 2.05) is 6.26 Å². The lowest BCUT2D eigenvalue weighted by Gasteiger charge is -2.29. The molecule has 6 heteroatoms. The van der Waals surface area contributed by atoms with E-state index in [-0.39, 0.29) is 35.6 Å². The summed E-state index contributed by atoms with van der Waals surface area (Å²) >= 11 is 1.52. The molecule has 1 N–H and O–H groups in total. The summed E-state index contributed by atoms with van der Waals surface area (Å²) in [4.78, 5) is 39.7. The van der Waals surface area contributed by atoms with Crippen LogP contribution in [0.25, 0.3) is 0 Å². The molecular weight excluding hydrogens is 324 g/mol. The van der Waals surface area contributed by atoms with Crippen LogP contribution in [0.3, 0.4) is 0 Å². The van der Waals surface area contributed by atoms with Crippen LogP contribution in [0.1, 0.15) is 57.8 Å². The van der Waals surface area contributed by atoms with Crippen molar-refractivity contribution < 1.29 is 14.4 Å². The number of fused-ring (bicyclic) bond motifs is 1. The Morgan fingerprint density at radius 3 is 2.12 bits per heavy atom. The molecule has 1 aliphatic heterocycles. The summed E-state index contributed by atoms with van der Waals surface area (Å²) < 4.78 is 0. The van der Waals surface area contributed by atoms with E-state index in [9.17, 15) is 14.4 Å². The fourth-order valence-electron chi connectivity index (χ4n) is 4.46. The third-order valence-corrected chi connectivity index (χ3v) is 6.41. The highest BCUT2D eigenvalue weighted by atomic mass is 32.2. The highest BCUT2D eigenvalue weighted by molar-refractivity contribution is 7.98. The molecule has 0 aromatic heterocycles. The van der Waals surface area contributed by atoms with Gasteiger partial charge in [-0.3, -0.25) is 19.3 Å². The average Bonchev–Trinajstić information content (AvgIpc) is 2.85. The molecule has 3 aliphatic rings. The van der Waals surface area contributed by atoms with Crippen molar-refractivity contribution in [2.24, 2.45) is 11.8 Å². The first-order valence-electron chi connectivity index (χ1n) is 9.29. The Morgan fingerprint density at radius 2 is 1.58 bits per heavy atom. The average molecular weight is 353 g/mol. The largest absolute Gasteiger partial charge is 0.352 e. The second-order valence-electron chi connectivity index (χ2n) is 7.36. The number of thioether (sulfide) groups is 1. The summed E-state index contributed by atoms with van der Waals surface area (Å²) in [5, 5.41) is 3.10. The molecule has 0 bridgehead atoms. The molecule has 3 rings (SSSR count). The Hall–Kier alpha value is -1.04. The quantitative estimate of drug-likeness (QED) is 0.771. The first-order chi connectivity index (χ1) is 11.6. The predicted octanol–water partition coefficient (Wildman–Crippen LogP) is 2.34. The van der Waals surface area contributed by atoms with Crippen molar-refractivity contribution in [1.29, 1.82) is 0 Å². The lowest BCUT2D eigenvalue weighted by Crippen LogP contribution is -2.53. The molecule has 5 nitrogen and oxygen atoms in total. The molecule has 2 aliphatic carbocycles. The van der Waals surface area contributed by atoms with Crippen molar-refractivity contribution in [3.05, 3.63) is 0 Å². The van der Waals surface area contributed by atoms with Gasteiger partial charge in [0.2, 0.25) is 17.7 Å². The summed E-state index contributed by atoms with van der Waals surface area (Å²) in [5.41, 5.74) is 0. The summed E-state index contributed by atoms with van der Waals surface area (Å²) in [5.74, 6) is -0.243. The number of hydrogen-bond donors (Lipinski definition) is 1. The van der Waals surface area contributed by atoms with E-state index in [1.165, 1.54) is 23.1 Å². The second-order valence-corrected chi connectivity index (χ2v) is 8.27. The third kappa shape index (κ3) is 3.48. The van der Waals surface area contributed by atoms with Crippen LogP contribution >= 0.6 is 11.8 Å². The van der Waals surface area contributed by atoms with Crippen molar-refractivity contribution >= 4 is 29.5 Å². The van der Waals surface area contributed by atoms with Crippen molar-refractivity contribution in [2.75, 3.05) is 12.0 Å². The standard InChI is InChI=1S/C18H28N2O3S/c1-24-11-15(16(21)19-12-7-3-2-4-8-12)20-17(22)13-9-5-6-10-14(13)18(20)23/h12-15H,2-11H2,1H3,(H,19,21)/t13-,14+,15-/m0/s1. The zero-order chi connectivity index (χ0) is 17.1. The molecular formula is C18H28N2O3S. The Morgan fingerprint density at radius 1 is 1.04 bits per heavy atom. The van der Waals surface area contributed by atoms with Gasteiger partial charge in [0.05, 0.1) is 11.8 Å². The molecule has 134 valence electrons. The number of rotatable bonds is 5. The number of nitrogens with one attached hydrogen (secondary N) is 1. The van der Waals surface area contributed by atoms with Gasteiger partial charge in [0, 0.05) is 11.8 Å². The minimum absolute atomic E-state index is 0.109. The van der Waals surface area contributed by atoms with Crippen LogP contribution < -0.4 is 5.32 Å². The van der Waals surface area contributed by atoms with E-state index in [2.05, 4.69) is 5.32 Å². The molecule has 24 heavy (non-hydrogen) atoms. The van der Waals surface area contributed by atoms with E-state index < -0.39 is 6.04 Å². The summed E-state index contributed by atoms with van der Waals surface area (Å²) in [6, 6.07) is -0.446. The lowest BCUT2D eigenvalue weighted by atomic mass is 9.81. The molecule has 3 fully saturated rings. The first-order valence-corrected chi connectivity index (χ1v) is 10.7. The number of carbonyl (C=O) groups is 3. The van der Waals surface area contributed by atoms with Crippen LogP contribution in [-0.2, 0) is 14.4 Å². The molecule has 0 aromatic rings. The van der Waals surface area contributed by atoms with Crippen molar-refractivity contribution in [3.8, 4) is 0 Å². The number of nitrogens with zero attached hydrogens (tertiary/aromatic N) is 1. The van der Waals surface area contributed by atoms with Crippen LogP contribution in [0.2, 0.25) is 0 Å². The van der Waals surface area contributed by atoms with Gasteiger partial charge in [-0.25, -0.2) is 0 Å².